The second-order valence-corrected chi connectivity index (χ2v) is 6.09. The van der Waals surface area contributed by atoms with Crippen molar-refractivity contribution in [3.8, 4) is 5.69 Å². The lowest BCUT2D eigenvalue weighted by molar-refractivity contribution is -0.140. The smallest absolute Gasteiger partial charge is 0.326 e. The topological polar surface area (TPSA) is 84.2 Å². The molecule has 1 unspecified atom stereocenters. The molecule has 2 aromatic rings. The van der Waals surface area contributed by atoms with Gasteiger partial charge in [0.1, 0.15) is 6.04 Å². The van der Waals surface area contributed by atoms with Gasteiger partial charge in [0.25, 0.3) is 5.91 Å². The van der Waals surface area contributed by atoms with Gasteiger partial charge in [-0.25, -0.2) is 9.48 Å². The number of nitrogens with zero attached hydrogens (tertiary/aromatic N) is 2. The molecule has 0 aliphatic rings. The van der Waals surface area contributed by atoms with Crippen molar-refractivity contribution in [3.05, 3.63) is 46.2 Å². The molecule has 2 N–H and O–H groups in total. The van der Waals surface area contributed by atoms with Crippen LogP contribution >= 0.6 is 23.2 Å². The molecule has 8 heteroatoms. The summed E-state index contributed by atoms with van der Waals surface area (Å²) in [6.07, 6.45) is 1.58. The molecule has 0 bridgehead atoms. The van der Waals surface area contributed by atoms with Gasteiger partial charge in [0.15, 0.2) is 5.69 Å². The summed E-state index contributed by atoms with van der Waals surface area (Å²) in [5.74, 6) is -1.88. The molecule has 2 rings (SSSR count). The molecule has 0 fully saturated rings. The van der Waals surface area contributed by atoms with Crippen molar-refractivity contribution in [1.82, 2.24) is 15.1 Å². The fraction of sp³-hybridized carbons (Fsp3) is 0.267. The van der Waals surface area contributed by atoms with Gasteiger partial charge in [-0.05, 0) is 30.2 Å². The number of aromatic nitrogens is 2. The number of hydrogen-bond donors (Lipinski definition) is 2. The second-order valence-electron chi connectivity index (χ2n) is 5.28. The lowest BCUT2D eigenvalue weighted by atomic mass is 10.0. The molecule has 122 valence electrons. The van der Waals surface area contributed by atoms with E-state index in [9.17, 15) is 9.59 Å². The summed E-state index contributed by atoms with van der Waals surface area (Å²) >= 11 is 11.8. The number of amides is 1. The predicted molar refractivity (Wildman–Crippen MR) is 87.3 cm³/mol. The highest BCUT2D eigenvalue weighted by atomic mass is 35.5. The number of carbonyl (C=O) groups is 2. The van der Waals surface area contributed by atoms with E-state index >= 15 is 0 Å². The average Bonchev–Trinajstić information content (AvgIpc) is 2.96. The SMILES string of the molecule is CC(C)C(NC(=O)c1ccn(-c2ccc(Cl)c(Cl)c2)n1)C(=O)O. The Labute approximate surface area is 143 Å². The van der Waals surface area contributed by atoms with E-state index in [0.29, 0.717) is 15.7 Å². The fourth-order valence-corrected chi connectivity index (χ4v) is 2.24. The quantitative estimate of drug-likeness (QED) is 0.863. The van der Waals surface area contributed by atoms with Crippen molar-refractivity contribution in [2.75, 3.05) is 0 Å². The third kappa shape index (κ3) is 4.03. The van der Waals surface area contributed by atoms with E-state index in [2.05, 4.69) is 10.4 Å². The van der Waals surface area contributed by atoms with Gasteiger partial charge in [0.2, 0.25) is 0 Å². The first-order valence-electron chi connectivity index (χ1n) is 6.84. The summed E-state index contributed by atoms with van der Waals surface area (Å²) in [7, 11) is 0. The molecule has 1 aromatic carbocycles. The minimum Gasteiger partial charge on any atom is -0.480 e. The van der Waals surface area contributed by atoms with Crippen molar-refractivity contribution in [2.45, 2.75) is 19.9 Å². The lowest BCUT2D eigenvalue weighted by Crippen LogP contribution is -2.44. The Kier molecular flexibility index (Phi) is 5.28. The lowest BCUT2D eigenvalue weighted by Gasteiger charge is -2.16. The number of rotatable bonds is 5. The van der Waals surface area contributed by atoms with Crippen molar-refractivity contribution in [3.63, 3.8) is 0 Å². The Morgan fingerprint density at radius 1 is 1.22 bits per heavy atom. The maximum Gasteiger partial charge on any atom is 0.326 e. The van der Waals surface area contributed by atoms with Crippen LogP contribution in [0.15, 0.2) is 30.5 Å². The van der Waals surface area contributed by atoms with Crippen LogP contribution in [0, 0.1) is 5.92 Å². The van der Waals surface area contributed by atoms with Crippen LogP contribution in [0.1, 0.15) is 24.3 Å². The molecule has 1 aromatic heterocycles. The maximum absolute atomic E-state index is 12.1. The fourth-order valence-electron chi connectivity index (χ4n) is 1.95. The Hall–Kier alpha value is -2.05. The van der Waals surface area contributed by atoms with E-state index in [1.165, 1.54) is 10.7 Å². The maximum atomic E-state index is 12.1. The third-order valence-corrected chi connectivity index (χ3v) is 3.95. The molecule has 0 radical (unpaired) electrons. The molecule has 0 aliphatic heterocycles. The summed E-state index contributed by atoms with van der Waals surface area (Å²) in [5, 5.41) is 16.5. The van der Waals surface area contributed by atoms with Crippen LogP contribution in [0.5, 0.6) is 0 Å². The number of carboxylic acids is 1. The van der Waals surface area contributed by atoms with Crippen LogP contribution in [0.4, 0.5) is 0 Å². The van der Waals surface area contributed by atoms with E-state index < -0.39 is 17.9 Å². The molecule has 1 heterocycles. The predicted octanol–water partition coefficient (Wildman–Crippen LogP) is 3.02. The number of hydrogen-bond acceptors (Lipinski definition) is 3. The average molecular weight is 356 g/mol. The van der Waals surface area contributed by atoms with Crippen molar-refractivity contribution < 1.29 is 14.7 Å². The normalized spacial score (nSPS) is 12.2. The van der Waals surface area contributed by atoms with Crippen LogP contribution in [0.3, 0.4) is 0 Å². The highest BCUT2D eigenvalue weighted by Crippen LogP contribution is 2.24. The first kappa shape index (κ1) is 17.3. The van der Waals surface area contributed by atoms with Gasteiger partial charge in [-0.15, -0.1) is 0 Å². The number of benzene rings is 1. The van der Waals surface area contributed by atoms with Gasteiger partial charge in [0.05, 0.1) is 15.7 Å². The number of nitrogens with one attached hydrogen (secondary N) is 1. The molecule has 1 amide bonds. The Balaban J connectivity index is 2.19. The first-order chi connectivity index (χ1) is 10.8. The molecule has 23 heavy (non-hydrogen) atoms. The molecule has 0 spiro atoms. The van der Waals surface area contributed by atoms with E-state index in [1.807, 2.05) is 0 Å². The Morgan fingerprint density at radius 2 is 1.91 bits per heavy atom. The molecule has 0 saturated heterocycles. The number of carboxylic acid groups (broad SMARTS) is 1. The number of aliphatic carboxylic acids is 1. The van der Waals surface area contributed by atoms with Gasteiger partial charge >= 0.3 is 5.97 Å². The van der Waals surface area contributed by atoms with Gasteiger partial charge in [-0.3, -0.25) is 4.79 Å². The molecule has 0 aliphatic carbocycles. The molecule has 1 atom stereocenters. The van der Waals surface area contributed by atoms with Crippen molar-refractivity contribution in [2.24, 2.45) is 5.92 Å². The highest BCUT2D eigenvalue weighted by Gasteiger charge is 2.24. The van der Waals surface area contributed by atoms with Gasteiger partial charge in [-0.2, -0.15) is 5.10 Å². The molecule has 6 nitrogen and oxygen atoms in total. The van der Waals surface area contributed by atoms with Gasteiger partial charge in [-0.1, -0.05) is 37.0 Å². The van der Waals surface area contributed by atoms with Crippen LogP contribution in [0.25, 0.3) is 5.69 Å². The molecular formula is C15H15Cl2N3O3. The highest BCUT2D eigenvalue weighted by molar-refractivity contribution is 6.42. The second kappa shape index (κ2) is 7.02. The zero-order chi connectivity index (χ0) is 17.1. The third-order valence-electron chi connectivity index (χ3n) is 3.21. The van der Waals surface area contributed by atoms with Crippen LogP contribution < -0.4 is 5.32 Å². The van der Waals surface area contributed by atoms with Crippen LogP contribution in [0.2, 0.25) is 10.0 Å². The van der Waals surface area contributed by atoms with E-state index in [-0.39, 0.29) is 11.6 Å². The first-order valence-corrected chi connectivity index (χ1v) is 7.60. The largest absolute Gasteiger partial charge is 0.480 e. The van der Waals surface area contributed by atoms with Crippen LogP contribution in [-0.4, -0.2) is 32.8 Å². The zero-order valence-corrected chi connectivity index (χ0v) is 14.0. The monoisotopic (exact) mass is 355 g/mol. The summed E-state index contributed by atoms with van der Waals surface area (Å²) < 4.78 is 1.46. The minimum absolute atomic E-state index is 0.114. The van der Waals surface area contributed by atoms with Gasteiger partial charge in [0, 0.05) is 6.20 Å². The Morgan fingerprint density at radius 3 is 2.48 bits per heavy atom. The number of halogens is 2. The van der Waals surface area contributed by atoms with Crippen molar-refractivity contribution in [1.29, 1.82) is 0 Å². The summed E-state index contributed by atoms with van der Waals surface area (Å²) in [5.41, 5.74) is 0.750. The Bertz CT molecular complexity index is 743. The van der Waals surface area contributed by atoms with E-state index in [0.717, 1.165) is 0 Å². The van der Waals surface area contributed by atoms with E-state index in [1.54, 1.807) is 38.2 Å². The summed E-state index contributed by atoms with van der Waals surface area (Å²) in [6, 6.07) is 5.47. The van der Waals surface area contributed by atoms with E-state index in [4.69, 9.17) is 28.3 Å². The number of carbonyl (C=O) groups excluding carboxylic acids is 1. The minimum atomic E-state index is -1.09. The van der Waals surface area contributed by atoms with Crippen molar-refractivity contribution >= 4 is 35.1 Å². The summed E-state index contributed by atoms with van der Waals surface area (Å²) in [6.45, 7) is 3.43. The summed E-state index contributed by atoms with van der Waals surface area (Å²) in [4.78, 5) is 23.3. The van der Waals surface area contributed by atoms with Gasteiger partial charge < -0.3 is 10.4 Å². The molecule has 0 saturated carbocycles. The van der Waals surface area contributed by atoms with Crippen LogP contribution in [-0.2, 0) is 4.79 Å². The molecular weight excluding hydrogens is 341 g/mol. The standard InChI is InChI=1S/C15H15Cl2N3O3/c1-8(2)13(15(22)23)18-14(21)12-5-6-20(19-12)9-3-4-10(16)11(17)7-9/h3-8,13H,1-2H3,(H,18,21)(H,22,23). The zero-order valence-electron chi connectivity index (χ0n) is 12.5.